The fourth-order valence-electron chi connectivity index (χ4n) is 2.38. The Morgan fingerprint density at radius 3 is 2.95 bits per heavy atom. The lowest BCUT2D eigenvalue weighted by atomic mass is 9.95. The zero-order valence-electron chi connectivity index (χ0n) is 11.3. The SMILES string of the molecule is N=C1C[C@H](C(F)(F)F)[C@@H](CCCc2nc(OC(=O)O)co2)N1. The number of hydrogen-bond acceptors (Lipinski definition) is 5. The van der Waals surface area contributed by atoms with Crippen LogP contribution in [0.1, 0.15) is 25.2 Å². The van der Waals surface area contributed by atoms with Crippen molar-refractivity contribution in [3.63, 3.8) is 0 Å². The molecule has 0 aromatic carbocycles. The number of halogens is 3. The first-order valence-corrected chi connectivity index (χ1v) is 6.51. The fourth-order valence-corrected chi connectivity index (χ4v) is 2.38. The summed E-state index contributed by atoms with van der Waals surface area (Å²) >= 11 is 0. The van der Waals surface area contributed by atoms with Gasteiger partial charge in [-0.05, 0) is 12.8 Å². The summed E-state index contributed by atoms with van der Waals surface area (Å²) in [5, 5.41) is 18.3. The summed E-state index contributed by atoms with van der Waals surface area (Å²) in [6, 6.07) is -0.836. The van der Waals surface area contributed by atoms with Crippen LogP contribution in [0.15, 0.2) is 10.7 Å². The van der Waals surface area contributed by atoms with Crippen molar-refractivity contribution in [3.05, 3.63) is 12.2 Å². The number of hydrogen-bond donors (Lipinski definition) is 3. The maximum absolute atomic E-state index is 12.8. The highest BCUT2D eigenvalue weighted by Crippen LogP contribution is 2.36. The first-order chi connectivity index (χ1) is 10.3. The third-order valence-electron chi connectivity index (χ3n) is 3.32. The zero-order valence-corrected chi connectivity index (χ0v) is 11.3. The molecular weight excluding hydrogens is 307 g/mol. The van der Waals surface area contributed by atoms with Gasteiger partial charge in [-0.25, -0.2) is 4.79 Å². The van der Waals surface area contributed by atoms with Crippen LogP contribution in [0.2, 0.25) is 0 Å². The summed E-state index contributed by atoms with van der Waals surface area (Å²) in [7, 11) is 0. The summed E-state index contributed by atoms with van der Waals surface area (Å²) in [6.45, 7) is 0. The third kappa shape index (κ3) is 4.12. The molecule has 0 aliphatic carbocycles. The molecule has 0 saturated carbocycles. The molecular formula is C12H14F3N3O4. The van der Waals surface area contributed by atoms with Crippen LogP contribution in [0.3, 0.4) is 0 Å². The molecule has 22 heavy (non-hydrogen) atoms. The molecule has 2 heterocycles. The van der Waals surface area contributed by atoms with Gasteiger partial charge in [-0.3, -0.25) is 5.41 Å². The number of carbonyl (C=O) groups is 1. The van der Waals surface area contributed by atoms with Crippen LogP contribution in [-0.2, 0) is 6.42 Å². The number of aromatic nitrogens is 1. The van der Waals surface area contributed by atoms with E-state index in [1.807, 2.05) is 0 Å². The van der Waals surface area contributed by atoms with E-state index < -0.39 is 24.3 Å². The zero-order chi connectivity index (χ0) is 16.3. The molecule has 2 rings (SSSR count). The normalized spacial score (nSPS) is 21.7. The minimum Gasteiger partial charge on any atom is -0.449 e. The molecule has 1 fully saturated rings. The van der Waals surface area contributed by atoms with E-state index in [2.05, 4.69) is 15.0 Å². The highest BCUT2D eigenvalue weighted by molar-refractivity contribution is 5.82. The number of aryl methyl sites for hydroxylation is 1. The average molecular weight is 321 g/mol. The van der Waals surface area contributed by atoms with Crippen LogP contribution < -0.4 is 10.1 Å². The molecule has 0 spiro atoms. The summed E-state index contributed by atoms with van der Waals surface area (Å²) in [6.07, 6.45) is -4.38. The number of amidine groups is 1. The molecule has 0 amide bonds. The fraction of sp³-hybridized carbons (Fsp3) is 0.583. The van der Waals surface area contributed by atoms with Gasteiger partial charge in [-0.2, -0.15) is 18.2 Å². The molecule has 7 nitrogen and oxygen atoms in total. The second kappa shape index (κ2) is 6.24. The predicted octanol–water partition coefficient (Wildman–Crippen LogP) is 2.57. The van der Waals surface area contributed by atoms with E-state index >= 15 is 0 Å². The molecule has 0 unspecified atom stereocenters. The number of alkyl halides is 3. The first kappa shape index (κ1) is 16.1. The van der Waals surface area contributed by atoms with E-state index in [0.717, 1.165) is 6.26 Å². The Bertz CT molecular complexity index is 558. The van der Waals surface area contributed by atoms with Crippen molar-refractivity contribution >= 4 is 12.0 Å². The third-order valence-corrected chi connectivity index (χ3v) is 3.32. The van der Waals surface area contributed by atoms with Crippen molar-refractivity contribution in [3.8, 4) is 5.88 Å². The van der Waals surface area contributed by atoms with Gasteiger partial charge in [0.2, 0.25) is 0 Å². The van der Waals surface area contributed by atoms with Crippen LogP contribution in [0, 0.1) is 11.3 Å². The lowest BCUT2D eigenvalue weighted by molar-refractivity contribution is -0.176. The Morgan fingerprint density at radius 2 is 2.32 bits per heavy atom. The Kier molecular flexibility index (Phi) is 4.57. The molecule has 1 aliphatic heterocycles. The molecule has 2 atom stereocenters. The summed E-state index contributed by atoms with van der Waals surface area (Å²) in [5.41, 5.74) is 0. The molecule has 10 heteroatoms. The molecule has 3 N–H and O–H groups in total. The maximum atomic E-state index is 12.8. The van der Waals surface area contributed by atoms with E-state index in [9.17, 15) is 18.0 Å². The van der Waals surface area contributed by atoms with Crippen molar-refractivity contribution in [1.29, 1.82) is 5.41 Å². The van der Waals surface area contributed by atoms with Crippen LogP contribution in [0.5, 0.6) is 5.88 Å². The molecule has 0 bridgehead atoms. The van der Waals surface area contributed by atoms with E-state index in [4.69, 9.17) is 14.9 Å². The van der Waals surface area contributed by atoms with E-state index in [1.54, 1.807) is 0 Å². The minimum atomic E-state index is -4.34. The van der Waals surface area contributed by atoms with Gasteiger partial charge in [-0.15, -0.1) is 0 Å². The van der Waals surface area contributed by atoms with Crippen molar-refractivity contribution < 1.29 is 32.2 Å². The van der Waals surface area contributed by atoms with Gasteiger partial charge < -0.3 is 19.6 Å². The molecule has 1 saturated heterocycles. The molecule has 0 radical (unpaired) electrons. The Hall–Kier alpha value is -2.26. The highest BCUT2D eigenvalue weighted by Gasteiger charge is 2.48. The van der Waals surface area contributed by atoms with Crippen molar-refractivity contribution in [1.82, 2.24) is 10.3 Å². The number of oxazole rings is 1. The largest absolute Gasteiger partial charge is 0.512 e. The smallest absolute Gasteiger partial charge is 0.449 e. The van der Waals surface area contributed by atoms with Gasteiger partial charge in [-0.1, -0.05) is 0 Å². The van der Waals surface area contributed by atoms with E-state index in [-0.39, 0.29) is 36.9 Å². The minimum absolute atomic E-state index is 0.111. The average Bonchev–Trinajstić information content (AvgIpc) is 2.95. The number of nitrogens with one attached hydrogen (secondary N) is 2. The summed E-state index contributed by atoms with van der Waals surface area (Å²) < 4.78 is 47.7. The van der Waals surface area contributed by atoms with Crippen molar-refractivity contribution in [2.45, 2.75) is 37.9 Å². The number of ether oxygens (including phenoxy) is 1. The lowest BCUT2D eigenvalue weighted by Crippen LogP contribution is -2.36. The van der Waals surface area contributed by atoms with Crippen LogP contribution >= 0.6 is 0 Å². The molecule has 1 aromatic rings. The van der Waals surface area contributed by atoms with Gasteiger partial charge in [0, 0.05) is 18.9 Å². The van der Waals surface area contributed by atoms with Gasteiger partial charge in [0.1, 0.15) is 0 Å². The second-order valence-electron chi connectivity index (χ2n) is 4.92. The monoisotopic (exact) mass is 321 g/mol. The molecule has 1 aliphatic rings. The second-order valence-corrected chi connectivity index (χ2v) is 4.92. The summed E-state index contributed by atoms with van der Waals surface area (Å²) in [5.74, 6) is -1.69. The van der Waals surface area contributed by atoms with E-state index in [1.165, 1.54) is 0 Å². The van der Waals surface area contributed by atoms with Crippen LogP contribution in [0.4, 0.5) is 18.0 Å². The number of carboxylic acid groups (broad SMARTS) is 1. The Balaban J connectivity index is 1.84. The predicted molar refractivity (Wildman–Crippen MR) is 66.9 cm³/mol. The van der Waals surface area contributed by atoms with Crippen molar-refractivity contribution in [2.24, 2.45) is 5.92 Å². The number of rotatable bonds is 5. The molecule has 122 valence electrons. The van der Waals surface area contributed by atoms with Crippen molar-refractivity contribution in [2.75, 3.05) is 0 Å². The number of nitrogens with zero attached hydrogens (tertiary/aromatic N) is 1. The quantitative estimate of drug-likeness (QED) is 0.719. The van der Waals surface area contributed by atoms with Crippen LogP contribution in [0.25, 0.3) is 0 Å². The van der Waals surface area contributed by atoms with Gasteiger partial charge in [0.05, 0.1) is 11.8 Å². The first-order valence-electron chi connectivity index (χ1n) is 6.51. The topological polar surface area (TPSA) is 108 Å². The van der Waals surface area contributed by atoms with Gasteiger partial charge in [0.15, 0.2) is 12.2 Å². The van der Waals surface area contributed by atoms with Gasteiger partial charge in [0.25, 0.3) is 5.88 Å². The standard InChI is InChI=1S/C12H14F3N3O4/c13-12(14,15)6-4-8(16)17-7(6)2-1-3-9-18-10(5-21-9)22-11(19)20/h5-7H,1-4H2,(H2,16,17)(H,19,20)/t6-,7+/m0/s1. The lowest BCUT2D eigenvalue weighted by Gasteiger charge is -2.21. The van der Waals surface area contributed by atoms with Crippen LogP contribution in [-0.4, -0.2) is 34.3 Å². The Labute approximate surface area is 123 Å². The summed E-state index contributed by atoms with van der Waals surface area (Å²) in [4.78, 5) is 14.0. The highest BCUT2D eigenvalue weighted by atomic mass is 19.4. The van der Waals surface area contributed by atoms with Gasteiger partial charge >= 0.3 is 12.3 Å². The van der Waals surface area contributed by atoms with E-state index in [0.29, 0.717) is 6.42 Å². The maximum Gasteiger partial charge on any atom is 0.512 e. The molecule has 1 aromatic heterocycles. The Morgan fingerprint density at radius 1 is 1.59 bits per heavy atom.